The fraction of sp³-hybridized carbons (Fsp3) is 0.440. The van der Waals surface area contributed by atoms with Crippen LogP contribution in [0.1, 0.15) is 50.9 Å². The lowest BCUT2D eigenvalue weighted by molar-refractivity contribution is -0.131. The molecule has 0 aliphatic carbocycles. The number of hydrogen-bond donors (Lipinski definition) is 0. The van der Waals surface area contributed by atoms with Gasteiger partial charge in [0.05, 0.1) is 30.8 Å². The summed E-state index contributed by atoms with van der Waals surface area (Å²) in [5.41, 5.74) is 2.14. The van der Waals surface area contributed by atoms with E-state index in [-0.39, 0.29) is 11.9 Å². The first-order chi connectivity index (χ1) is 15.2. The molecule has 6 nitrogen and oxygen atoms in total. The zero-order valence-corrected chi connectivity index (χ0v) is 18.4. The molecule has 3 aromatic rings. The minimum Gasteiger partial charge on any atom is -0.493 e. The van der Waals surface area contributed by atoms with Crippen LogP contribution in [0.4, 0.5) is 0 Å². The average Bonchev–Trinajstić information content (AvgIpc) is 3.43. The molecule has 0 unspecified atom stereocenters. The number of para-hydroxylation sites is 4. The normalized spacial score (nSPS) is 16.1. The molecule has 0 saturated carbocycles. The Hall–Kier alpha value is -3.02. The van der Waals surface area contributed by atoms with E-state index in [2.05, 4.69) is 22.8 Å². The number of imidazole rings is 1. The van der Waals surface area contributed by atoms with Crippen LogP contribution in [0.2, 0.25) is 0 Å². The molecule has 2 aromatic carbocycles. The zero-order valence-electron chi connectivity index (χ0n) is 18.4. The van der Waals surface area contributed by atoms with Gasteiger partial charge in [-0.3, -0.25) is 4.79 Å². The van der Waals surface area contributed by atoms with Crippen molar-refractivity contribution in [3.05, 3.63) is 54.4 Å². The maximum atomic E-state index is 12.5. The van der Waals surface area contributed by atoms with Gasteiger partial charge < -0.3 is 18.9 Å². The number of unbranched alkanes of at least 4 members (excludes halogenated alkanes) is 1. The standard InChI is InChI=1S/C25H31N3O3/c1-3-24(29)27-17-10-13-21(27)25-26-19-11-4-5-12-20(19)28(25)16-8-9-18-31-23-15-7-6-14-22(23)30-2/h4-7,11-12,14-15,21H,3,8-10,13,16-18H2,1-2H3/t21-/m0/s1. The van der Waals surface area contributed by atoms with Crippen molar-refractivity contribution in [1.29, 1.82) is 0 Å². The summed E-state index contributed by atoms with van der Waals surface area (Å²) in [4.78, 5) is 19.4. The lowest BCUT2D eigenvalue weighted by atomic mass is 10.2. The second kappa shape index (κ2) is 9.86. The van der Waals surface area contributed by atoms with Gasteiger partial charge in [-0.25, -0.2) is 4.98 Å². The molecule has 31 heavy (non-hydrogen) atoms. The molecule has 1 amide bonds. The molecular weight excluding hydrogens is 390 g/mol. The van der Waals surface area contributed by atoms with Gasteiger partial charge in [-0.2, -0.15) is 0 Å². The molecule has 6 heteroatoms. The van der Waals surface area contributed by atoms with Gasteiger partial charge in [-0.05, 0) is 49.9 Å². The molecule has 1 fully saturated rings. The van der Waals surface area contributed by atoms with Crippen molar-refractivity contribution in [3.63, 3.8) is 0 Å². The van der Waals surface area contributed by atoms with Gasteiger partial charge in [0.1, 0.15) is 5.82 Å². The van der Waals surface area contributed by atoms with Crippen LogP contribution in [0.3, 0.4) is 0 Å². The van der Waals surface area contributed by atoms with E-state index in [0.29, 0.717) is 13.0 Å². The first kappa shape index (κ1) is 21.2. The number of ether oxygens (including phenoxy) is 2. The van der Waals surface area contributed by atoms with Gasteiger partial charge >= 0.3 is 0 Å². The number of hydrogen-bond acceptors (Lipinski definition) is 4. The summed E-state index contributed by atoms with van der Waals surface area (Å²) in [5, 5.41) is 0. The van der Waals surface area contributed by atoms with Crippen LogP contribution in [0.5, 0.6) is 11.5 Å². The maximum absolute atomic E-state index is 12.5. The summed E-state index contributed by atoms with van der Waals surface area (Å²) < 4.78 is 13.6. The van der Waals surface area contributed by atoms with Crippen molar-refractivity contribution >= 4 is 16.9 Å². The number of methoxy groups -OCH3 is 1. The van der Waals surface area contributed by atoms with Crippen LogP contribution in [0.15, 0.2) is 48.5 Å². The van der Waals surface area contributed by atoms with E-state index in [1.807, 2.05) is 42.2 Å². The molecule has 1 saturated heterocycles. The highest BCUT2D eigenvalue weighted by atomic mass is 16.5. The van der Waals surface area contributed by atoms with Gasteiger partial charge in [0.2, 0.25) is 5.91 Å². The summed E-state index contributed by atoms with van der Waals surface area (Å²) in [6.07, 6.45) is 4.44. The van der Waals surface area contributed by atoms with Gasteiger partial charge in [-0.1, -0.05) is 31.2 Å². The minimum atomic E-state index is 0.0738. The average molecular weight is 422 g/mol. The van der Waals surface area contributed by atoms with Crippen LogP contribution in [-0.4, -0.2) is 40.6 Å². The Morgan fingerprint density at radius 1 is 1.10 bits per heavy atom. The summed E-state index contributed by atoms with van der Waals surface area (Å²) in [6, 6.07) is 16.1. The van der Waals surface area contributed by atoms with Crippen LogP contribution in [-0.2, 0) is 11.3 Å². The van der Waals surface area contributed by atoms with E-state index < -0.39 is 0 Å². The van der Waals surface area contributed by atoms with Gasteiger partial charge in [-0.15, -0.1) is 0 Å². The maximum Gasteiger partial charge on any atom is 0.222 e. The van der Waals surface area contributed by atoms with E-state index in [1.54, 1.807) is 7.11 Å². The van der Waals surface area contributed by atoms with Crippen molar-refractivity contribution < 1.29 is 14.3 Å². The SMILES string of the molecule is CCC(=O)N1CCC[C@H]1c1nc2ccccc2n1CCCCOc1ccccc1OC. The fourth-order valence-electron chi connectivity index (χ4n) is 4.41. The molecule has 2 heterocycles. The number of rotatable bonds is 9. The Labute approximate surface area is 183 Å². The Bertz CT molecular complexity index is 1030. The topological polar surface area (TPSA) is 56.6 Å². The van der Waals surface area contributed by atoms with Crippen molar-refractivity contribution in [1.82, 2.24) is 14.5 Å². The number of amides is 1. The highest BCUT2D eigenvalue weighted by Crippen LogP contribution is 2.34. The third-order valence-electron chi connectivity index (χ3n) is 5.96. The van der Waals surface area contributed by atoms with Crippen LogP contribution >= 0.6 is 0 Å². The lowest BCUT2D eigenvalue weighted by Gasteiger charge is -2.25. The Kier molecular flexibility index (Phi) is 6.75. The summed E-state index contributed by atoms with van der Waals surface area (Å²) in [5.74, 6) is 2.77. The largest absolute Gasteiger partial charge is 0.493 e. The Balaban J connectivity index is 1.46. The van der Waals surface area contributed by atoms with Crippen molar-refractivity contribution in [3.8, 4) is 11.5 Å². The lowest BCUT2D eigenvalue weighted by Crippen LogP contribution is -2.31. The highest BCUT2D eigenvalue weighted by molar-refractivity contribution is 5.78. The zero-order chi connectivity index (χ0) is 21.6. The molecule has 1 aliphatic heterocycles. The van der Waals surface area contributed by atoms with E-state index >= 15 is 0 Å². The third-order valence-corrected chi connectivity index (χ3v) is 5.96. The number of likely N-dealkylation sites (tertiary alicyclic amines) is 1. The second-order valence-corrected chi connectivity index (χ2v) is 7.92. The third kappa shape index (κ3) is 4.53. The van der Waals surface area contributed by atoms with Crippen LogP contribution in [0.25, 0.3) is 11.0 Å². The highest BCUT2D eigenvalue weighted by Gasteiger charge is 2.32. The number of aromatic nitrogens is 2. The monoisotopic (exact) mass is 421 g/mol. The van der Waals surface area contributed by atoms with Gasteiger partial charge in [0.15, 0.2) is 11.5 Å². The quantitative estimate of drug-likeness (QED) is 0.457. The molecule has 0 spiro atoms. The van der Waals surface area contributed by atoms with E-state index in [9.17, 15) is 4.79 Å². The molecule has 0 radical (unpaired) electrons. The molecular formula is C25H31N3O3. The Morgan fingerprint density at radius 3 is 2.68 bits per heavy atom. The first-order valence-electron chi connectivity index (χ1n) is 11.2. The van der Waals surface area contributed by atoms with E-state index in [1.165, 1.54) is 0 Å². The first-order valence-corrected chi connectivity index (χ1v) is 11.2. The summed E-state index contributed by atoms with van der Waals surface area (Å²) in [6.45, 7) is 4.25. The molecule has 1 aromatic heterocycles. The number of carbonyl (C=O) groups excluding carboxylic acids is 1. The van der Waals surface area contributed by atoms with Gasteiger partial charge in [0, 0.05) is 19.5 Å². The number of nitrogens with zero attached hydrogens (tertiary/aromatic N) is 3. The van der Waals surface area contributed by atoms with Crippen molar-refractivity contribution in [2.24, 2.45) is 0 Å². The minimum absolute atomic E-state index is 0.0738. The predicted molar refractivity (Wildman–Crippen MR) is 121 cm³/mol. The van der Waals surface area contributed by atoms with E-state index in [0.717, 1.165) is 67.1 Å². The molecule has 4 rings (SSSR count). The van der Waals surface area contributed by atoms with Crippen molar-refractivity contribution in [2.45, 2.75) is 51.6 Å². The number of carbonyl (C=O) groups is 1. The van der Waals surface area contributed by atoms with Gasteiger partial charge in [0.25, 0.3) is 0 Å². The molecule has 0 N–H and O–H groups in total. The fourth-order valence-corrected chi connectivity index (χ4v) is 4.41. The predicted octanol–water partition coefficient (Wildman–Crippen LogP) is 4.98. The summed E-state index contributed by atoms with van der Waals surface area (Å²) in [7, 11) is 1.66. The number of fused-ring (bicyclic) bond motifs is 1. The molecule has 164 valence electrons. The van der Waals surface area contributed by atoms with Crippen LogP contribution in [0, 0.1) is 0 Å². The molecule has 1 aliphatic rings. The summed E-state index contributed by atoms with van der Waals surface area (Å²) >= 11 is 0. The molecule has 1 atom stereocenters. The number of aryl methyl sites for hydroxylation is 1. The number of benzene rings is 2. The Morgan fingerprint density at radius 2 is 1.87 bits per heavy atom. The van der Waals surface area contributed by atoms with E-state index in [4.69, 9.17) is 14.5 Å². The van der Waals surface area contributed by atoms with Crippen LogP contribution < -0.4 is 9.47 Å². The van der Waals surface area contributed by atoms with Crippen molar-refractivity contribution in [2.75, 3.05) is 20.3 Å². The smallest absolute Gasteiger partial charge is 0.222 e. The second-order valence-electron chi connectivity index (χ2n) is 7.92. The molecule has 0 bridgehead atoms.